The van der Waals surface area contributed by atoms with E-state index in [1.54, 1.807) is 0 Å². The van der Waals surface area contributed by atoms with Crippen LogP contribution in [0, 0.1) is 0 Å². The average molecular weight is 289 g/mol. The van der Waals surface area contributed by atoms with Crippen molar-refractivity contribution in [1.82, 2.24) is 0 Å². The largest absolute Gasteiger partial charge is 0.0776 e. The van der Waals surface area contributed by atoms with E-state index < -0.39 is 0 Å². The minimum atomic E-state index is 0. The molecule has 0 aliphatic heterocycles. The molecule has 0 unspecified atom stereocenters. The van der Waals surface area contributed by atoms with Gasteiger partial charge in [-0.25, -0.2) is 0 Å². The predicted molar refractivity (Wildman–Crippen MR) is 101 cm³/mol. The van der Waals surface area contributed by atoms with Crippen molar-refractivity contribution in [2.24, 2.45) is 0 Å². The van der Waals surface area contributed by atoms with Gasteiger partial charge >= 0.3 is 0 Å². The fourth-order valence-electron chi connectivity index (χ4n) is 1.77. The molecular formula is C20H48. The third-order valence-corrected chi connectivity index (χ3v) is 2.50. The maximum atomic E-state index is 2.12. The Bertz CT molecular complexity index is 58.2. The molecule has 0 radical (unpaired) electrons. The molecule has 2 fully saturated rings. The Kier molecular flexibility index (Phi) is 51.4. The molecule has 2 rings (SSSR count). The summed E-state index contributed by atoms with van der Waals surface area (Å²) in [7, 11) is 0. The third kappa shape index (κ3) is 52.0. The van der Waals surface area contributed by atoms with Gasteiger partial charge in [0, 0.05) is 0 Å². The van der Waals surface area contributed by atoms with E-state index in [0.717, 1.165) is 0 Å². The maximum Gasteiger partial charge on any atom is -0.0533 e. The first-order chi connectivity index (χ1) is 9.24. The van der Waals surface area contributed by atoms with Crippen molar-refractivity contribution in [3.63, 3.8) is 0 Å². The molecule has 0 aromatic heterocycles. The van der Waals surface area contributed by atoms with Crippen molar-refractivity contribution in [3.8, 4) is 0 Å². The van der Waals surface area contributed by atoms with Crippen molar-refractivity contribution in [2.45, 2.75) is 132 Å². The summed E-state index contributed by atoms with van der Waals surface area (Å²) >= 11 is 0. The van der Waals surface area contributed by atoms with Crippen LogP contribution in [-0.2, 0) is 0 Å². The lowest BCUT2D eigenvalue weighted by molar-refractivity contribution is 0.886. The Morgan fingerprint density at radius 1 is 0.350 bits per heavy atom. The Balaban J connectivity index is -0.0000000816. The van der Waals surface area contributed by atoms with Crippen molar-refractivity contribution in [2.75, 3.05) is 0 Å². The summed E-state index contributed by atoms with van der Waals surface area (Å²) in [5.74, 6) is 0. The highest BCUT2D eigenvalue weighted by atomic mass is 14.0. The van der Waals surface area contributed by atoms with Crippen LogP contribution in [-0.4, -0.2) is 0 Å². The van der Waals surface area contributed by atoms with Crippen LogP contribution >= 0.6 is 0 Å². The number of hydrogen-bond donors (Lipinski definition) is 0. The van der Waals surface area contributed by atoms with E-state index in [1.165, 1.54) is 83.5 Å². The molecule has 2 saturated carbocycles. The van der Waals surface area contributed by atoms with E-state index in [9.17, 15) is 0 Å². The van der Waals surface area contributed by atoms with Gasteiger partial charge in [-0.2, -0.15) is 0 Å². The number of rotatable bonds is 0. The molecule has 0 aromatic carbocycles. The van der Waals surface area contributed by atoms with Gasteiger partial charge in [0.15, 0.2) is 0 Å². The zero-order valence-electron chi connectivity index (χ0n) is 15.2. The molecule has 0 spiro atoms. The van der Waals surface area contributed by atoms with E-state index in [0.29, 0.717) is 0 Å². The topological polar surface area (TPSA) is 0 Å². The highest BCUT2D eigenvalue weighted by molar-refractivity contribution is 4.51. The highest BCUT2D eigenvalue weighted by Crippen LogP contribution is 2.15. The Morgan fingerprint density at radius 2 is 0.400 bits per heavy atom. The molecule has 0 aromatic rings. The smallest absolute Gasteiger partial charge is 0.0533 e. The van der Waals surface area contributed by atoms with Crippen molar-refractivity contribution in [1.29, 1.82) is 0 Å². The Labute approximate surface area is 133 Å². The molecule has 0 bridgehead atoms. The van der Waals surface area contributed by atoms with Gasteiger partial charge in [0.25, 0.3) is 0 Å². The Morgan fingerprint density at radius 3 is 0.450 bits per heavy atom. The summed E-state index contributed by atoms with van der Waals surface area (Å²) in [6, 6.07) is 0. The van der Waals surface area contributed by atoms with Crippen LogP contribution < -0.4 is 0 Å². The van der Waals surface area contributed by atoms with Crippen molar-refractivity contribution in [3.05, 3.63) is 0 Å². The van der Waals surface area contributed by atoms with E-state index in [1.807, 2.05) is 0 Å². The van der Waals surface area contributed by atoms with E-state index in [2.05, 4.69) is 41.5 Å². The quantitative estimate of drug-likeness (QED) is 0.417. The van der Waals surface area contributed by atoms with Gasteiger partial charge in [-0.05, 0) is 0 Å². The van der Waals surface area contributed by atoms with Crippen LogP contribution in [0.25, 0.3) is 0 Å². The molecule has 2 aliphatic rings. The van der Waals surface area contributed by atoms with Gasteiger partial charge in [0.2, 0.25) is 0 Å². The fraction of sp³-hybridized carbons (Fsp3) is 1.00. The van der Waals surface area contributed by atoms with Gasteiger partial charge in [-0.3, -0.25) is 0 Å². The summed E-state index contributed by atoms with van der Waals surface area (Å²) in [6.07, 6.45) is 18.8. The van der Waals surface area contributed by atoms with Crippen molar-refractivity contribution >= 4 is 0 Å². The summed E-state index contributed by atoms with van der Waals surface area (Å²) in [4.78, 5) is 0. The molecule has 0 atom stereocenters. The van der Waals surface area contributed by atoms with Crippen LogP contribution in [0.1, 0.15) is 132 Å². The van der Waals surface area contributed by atoms with E-state index in [4.69, 9.17) is 0 Å². The minimum Gasteiger partial charge on any atom is -0.0776 e. The normalized spacial score (nSPS) is 14.7. The van der Waals surface area contributed by atoms with Gasteiger partial charge in [0.05, 0.1) is 0 Å². The van der Waals surface area contributed by atoms with Crippen molar-refractivity contribution < 1.29 is 0 Å². The third-order valence-electron chi connectivity index (χ3n) is 2.50. The van der Waals surface area contributed by atoms with Crippen LogP contribution in [0.15, 0.2) is 0 Å². The maximum absolute atomic E-state index is 2.12. The lowest BCUT2D eigenvalue weighted by Gasteiger charge is -1.67. The first kappa shape index (κ1) is 28.2. The minimum absolute atomic E-state index is 0. The molecule has 20 heavy (non-hydrogen) atoms. The Hall–Kier alpha value is 0. The number of hydrogen-bond acceptors (Lipinski definition) is 0. The zero-order chi connectivity index (χ0) is 15.2. The zero-order valence-corrected chi connectivity index (χ0v) is 15.2. The first-order valence-corrected chi connectivity index (χ1v) is 9.24. The molecule has 0 amide bonds. The lowest BCUT2D eigenvalue weighted by atomic mass is 10.4. The average Bonchev–Trinajstić information content (AvgIpc) is 3.11. The summed E-state index contributed by atoms with van der Waals surface area (Å²) < 4.78 is 0. The van der Waals surface area contributed by atoms with E-state index >= 15 is 0 Å². The summed E-state index contributed by atoms with van der Waals surface area (Å²) in [5.41, 5.74) is 0. The first-order valence-electron chi connectivity index (χ1n) is 9.24. The highest BCUT2D eigenvalue weighted by Gasteiger charge is 1.95. The van der Waals surface area contributed by atoms with Crippen LogP contribution in [0.4, 0.5) is 0 Å². The molecule has 0 heteroatoms. The fourth-order valence-corrected chi connectivity index (χ4v) is 1.77. The van der Waals surface area contributed by atoms with Gasteiger partial charge in [-0.15, -0.1) is 0 Å². The van der Waals surface area contributed by atoms with Gasteiger partial charge in [0.1, 0.15) is 0 Å². The second-order valence-corrected chi connectivity index (χ2v) is 5.66. The molecular weight excluding hydrogens is 240 g/mol. The molecule has 0 saturated heterocycles. The second-order valence-electron chi connectivity index (χ2n) is 5.66. The molecule has 0 N–H and O–H groups in total. The predicted octanol–water partition coefficient (Wildman–Crippen LogP) is 8.79. The molecule has 0 heterocycles. The second kappa shape index (κ2) is 36.4. The summed E-state index contributed by atoms with van der Waals surface area (Å²) in [5, 5.41) is 0. The molecule has 0 nitrogen and oxygen atoms in total. The standard InChI is InChI=1S/2C5H10.3C3H8.CH4/c2*1-2-4-5-3-1;3*1-3-2;/h2*1-5H2;3*3H2,1-2H3;1H4. The lowest BCUT2D eigenvalue weighted by Crippen LogP contribution is -1.47. The van der Waals surface area contributed by atoms with Crippen LogP contribution in [0.3, 0.4) is 0 Å². The van der Waals surface area contributed by atoms with Crippen LogP contribution in [0.2, 0.25) is 0 Å². The SMILES string of the molecule is C.C1CCCC1.C1CCCC1.CCC.CCC.CCC. The monoisotopic (exact) mass is 288 g/mol. The van der Waals surface area contributed by atoms with E-state index in [-0.39, 0.29) is 7.43 Å². The molecule has 128 valence electrons. The molecule has 2 aliphatic carbocycles. The summed E-state index contributed by atoms with van der Waals surface area (Å²) in [6.45, 7) is 12.8. The van der Waals surface area contributed by atoms with Gasteiger partial charge < -0.3 is 0 Å². The van der Waals surface area contributed by atoms with Crippen LogP contribution in [0.5, 0.6) is 0 Å². The van der Waals surface area contributed by atoms with Gasteiger partial charge in [-0.1, -0.05) is 132 Å².